The first-order valence-electron chi connectivity index (χ1n) is 7.35. The van der Waals surface area contributed by atoms with Crippen LogP contribution in [0.25, 0.3) is 0 Å². The molecule has 0 spiro atoms. The van der Waals surface area contributed by atoms with Crippen LogP contribution in [0.15, 0.2) is 60.7 Å². The lowest BCUT2D eigenvalue weighted by atomic mass is 10.0. The molecule has 2 atom stereocenters. The predicted octanol–water partition coefficient (Wildman–Crippen LogP) is 1.40. The summed E-state index contributed by atoms with van der Waals surface area (Å²) >= 11 is 0. The number of carbonyl (C=O) groups excluding carboxylic acids is 1. The first kappa shape index (κ1) is 16.7. The fraction of sp³-hybridized carbons (Fsp3) is 0.222. The lowest BCUT2D eigenvalue weighted by Crippen LogP contribution is -2.47. The molecule has 1 unspecified atom stereocenters. The number of hydrogen-bond donors (Lipinski definition) is 3. The number of hydrogen-bond acceptors (Lipinski definition) is 3. The third kappa shape index (κ3) is 5.23. The van der Waals surface area contributed by atoms with E-state index < -0.39 is 24.0 Å². The highest BCUT2D eigenvalue weighted by Gasteiger charge is 2.24. The van der Waals surface area contributed by atoms with Crippen molar-refractivity contribution in [1.29, 1.82) is 0 Å². The molecule has 5 nitrogen and oxygen atoms in total. The van der Waals surface area contributed by atoms with Crippen molar-refractivity contribution < 1.29 is 19.8 Å². The van der Waals surface area contributed by atoms with Gasteiger partial charge in [-0.1, -0.05) is 60.7 Å². The molecule has 0 heterocycles. The van der Waals surface area contributed by atoms with Crippen LogP contribution in [-0.4, -0.2) is 34.2 Å². The number of amides is 1. The number of aliphatic hydroxyl groups excluding tert-OH is 1. The first-order valence-corrected chi connectivity index (χ1v) is 7.35. The number of aliphatic carboxylic acids is 1. The predicted molar refractivity (Wildman–Crippen MR) is 85.9 cm³/mol. The smallest absolute Gasteiger partial charge is 0.326 e. The Kier molecular flexibility index (Phi) is 5.88. The van der Waals surface area contributed by atoms with Gasteiger partial charge in [-0.05, 0) is 11.1 Å². The molecule has 0 radical (unpaired) electrons. The van der Waals surface area contributed by atoms with E-state index in [1.54, 1.807) is 36.4 Å². The summed E-state index contributed by atoms with van der Waals surface area (Å²) in [4.78, 5) is 23.4. The van der Waals surface area contributed by atoms with Crippen LogP contribution in [-0.2, 0) is 22.4 Å². The Morgan fingerprint density at radius 3 is 1.83 bits per heavy atom. The van der Waals surface area contributed by atoms with Crippen molar-refractivity contribution in [3.8, 4) is 0 Å². The Balaban J connectivity index is 1.96. The number of rotatable bonds is 7. The highest BCUT2D eigenvalue weighted by molar-refractivity contribution is 5.86. The van der Waals surface area contributed by atoms with Gasteiger partial charge in [-0.2, -0.15) is 0 Å². The van der Waals surface area contributed by atoms with E-state index in [-0.39, 0.29) is 12.8 Å². The molecule has 2 aromatic carbocycles. The van der Waals surface area contributed by atoms with E-state index in [0.717, 1.165) is 11.1 Å². The highest BCUT2D eigenvalue weighted by atomic mass is 16.4. The molecule has 0 bridgehead atoms. The summed E-state index contributed by atoms with van der Waals surface area (Å²) in [7, 11) is 0. The Hall–Kier alpha value is -2.66. The van der Waals surface area contributed by atoms with E-state index in [9.17, 15) is 19.8 Å². The molecule has 0 aliphatic rings. The van der Waals surface area contributed by atoms with Crippen molar-refractivity contribution in [2.24, 2.45) is 0 Å². The van der Waals surface area contributed by atoms with Gasteiger partial charge < -0.3 is 15.5 Å². The van der Waals surface area contributed by atoms with E-state index in [1.807, 2.05) is 24.3 Å². The first-order chi connectivity index (χ1) is 11.1. The zero-order valence-electron chi connectivity index (χ0n) is 12.6. The van der Waals surface area contributed by atoms with Gasteiger partial charge in [0.25, 0.3) is 0 Å². The summed E-state index contributed by atoms with van der Waals surface area (Å²) in [6.07, 6.45) is -0.973. The summed E-state index contributed by atoms with van der Waals surface area (Å²) < 4.78 is 0. The molecular weight excluding hydrogens is 294 g/mol. The molecule has 1 amide bonds. The molecule has 0 saturated heterocycles. The molecule has 0 saturated carbocycles. The minimum atomic E-state index is -1.28. The second-order valence-electron chi connectivity index (χ2n) is 5.29. The van der Waals surface area contributed by atoms with Crippen LogP contribution in [0.3, 0.4) is 0 Å². The minimum Gasteiger partial charge on any atom is -0.480 e. The second kappa shape index (κ2) is 8.10. The zero-order valence-corrected chi connectivity index (χ0v) is 12.6. The van der Waals surface area contributed by atoms with Crippen LogP contribution < -0.4 is 5.32 Å². The molecule has 0 aromatic heterocycles. The van der Waals surface area contributed by atoms with Crippen molar-refractivity contribution in [3.05, 3.63) is 71.8 Å². The third-order valence-electron chi connectivity index (χ3n) is 3.47. The lowest BCUT2D eigenvalue weighted by Gasteiger charge is -2.17. The summed E-state index contributed by atoms with van der Waals surface area (Å²) in [6.45, 7) is 0. The number of benzene rings is 2. The van der Waals surface area contributed by atoms with Crippen molar-refractivity contribution >= 4 is 11.9 Å². The molecule has 3 N–H and O–H groups in total. The van der Waals surface area contributed by atoms with E-state index in [2.05, 4.69) is 5.32 Å². The maximum atomic E-state index is 12.0. The molecule has 5 heteroatoms. The van der Waals surface area contributed by atoms with Crippen molar-refractivity contribution in [2.45, 2.75) is 25.0 Å². The van der Waals surface area contributed by atoms with E-state index in [0.29, 0.717) is 0 Å². The molecule has 0 aliphatic carbocycles. The molecular formula is C18H19NO4. The van der Waals surface area contributed by atoms with Crippen LogP contribution >= 0.6 is 0 Å². The third-order valence-corrected chi connectivity index (χ3v) is 3.47. The largest absolute Gasteiger partial charge is 0.480 e. The van der Waals surface area contributed by atoms with Gasteiger partial charge in [-0.3, -0.25) is 4.79 Å². The van der Waals surface area contributed by atoms with Crippen LogP contribution in [0.4, 0.5) is 0 Å². The van der Waals surface area contributed by atoms with Crippen LogP contribution in [0, 0.1) is 0 Å². The zero-order chi connectivity index (χ0) is 16.7. The number of nitrogens with one attached hydrogen (secondary N) is 1. The summed E-state index contributed by atoms with van der Waals surface area (Å²) in [5.41, 5.74) is 1.61. The molecule has 2 aromatic rings. The van der Waals surface area contributed by atoms with Gasteiger partial charge in [0.2, 0.25) is 5.91 Å². The summed E-state index contributed by atoms with van der Waals surface area (Å²) in [5, 5.41) is 21.6. The van der Waals surface area contributed by atoms with Gasteiger partial charge in [0.1, 0.15) is 12.1 Å². The van der Waals surface area contributed by atoms with Crippen LogP contribution in [0.1, 0.15) is 11.1 Å². The Morgan fingerprint density at radius 2 is 1.35 bits per heavy atom. The molecule has 120 valence electrons. The Labute approximate surface area is 134 Å². The van der Waals surface area contributed by atoms with Crippen molar-refractivity contribution in [1.82, 2.24) is 5.32 Å². The molecule has 0 aliphatic heterocycles. The Bertz CT molecular complexity index is 643. The average Bonchev–Trinajstić information content (AvgIpc) is 2.56. The van der Waals surface area contributed by atoms with Gasteiger partial charge >= 0.3 is 5.97 Å². The van der Waals surface area contributed by atoms with Gasteiger partial charge in [-0.25, -0.2) is 4.79 Å². The summed E-state index contributed by atoms with van der Waals surface area (Å²) in [6, 6.07) is 17.0. The van der Waals surface area contributed by atoms with Crippen LogP contribution in [0.5, 0.6) is 0 Å². The minimum absolute atomic E-state index is 0.143. The monoisotopic (exact) mass is 313 g/mol. The number of carboxylic acids is 1. The average molecular weight is 313 g/mol. The standard InChI is InChI=1S/C18H19NO4/c20-16(12-14-9-5-2-6-10-14)17(21)19-15(18(22)23)11-13-7-3-1-4-8-13/h1-10,15-16,20H,11-12H2,(H,19,21)(H,22,23)/t15-,16?/m0/s1. The van der Waals surface area contributed by atoms with E-state index in [4.69, 9.17) is 0 Å². The second-order valence-corrected chi connectivity index (χ2v) is 5.29. The lowest BCUT2D eigenvalue weighted by molar-refractivity contribution is -0.143. The fourth-order valence-corrected chi connectivity index (χ4v) is 2.25. The highest BCUT2D eigenvalue weighted by Crippen LogP contribution is 2.06. The molecule has 2 rings (SSSR count). The maximum Gasteiger partial charge on any atom is 0.326 e. The van der Waals surface area contributed by atoms with Gasteiger partial charge in [0.05, 0.1) is 0 Å². The van der Waals surface area contributed by atoms with Crippen molar-refractivity contribution in [2.75, 3.05) is 0 Å². The number of aliphatic hydroxyl groups is 1. The van der Waals surface area contributed by atoms with Gasteiger partial charge in [0.15, 0.2) is 0 Å². The van der Waals surface area contributed by atoms with Crippen molar-refractivity contribution in [3.63, 3.8) is 0 Å². The quantitative estimate of drug-likeness (QED) is 0.721. The Morgan fingerprint density at radius 1 is 0.870 bits per heavy atom. The number of carboxylic acid groups (broad SMARTS) is 1. The topological polar surface area (TPSA) is 86.6 Å². The number of carbonyl (C=O) groups is 2. The summed E-state index contributed by atoms with van der Waals surface area (Å²) in [5.74, 6) is -1.81. The van der Waals surface area contributed by atoms with Crippen LogP contribution in [0.2, 0.25) is 0 Å². The van der Waals surface area contributed by atoms with Gasteiger partial charge in [-0.15, -0.1) is 0 Å². The SMILES string of the molecule is O=C(N[C@@H](Cc1ccccc1)C(=O)O)C(O)Cc1ccccc1. The normalized spacial score (nSPS) is 13.1. The van der Waals surface area contributed by atoms with E-state index in [1.165, 1.54) is 0 Å². The molecule has 23 heavy (non-hydrogen) atoms. The van der Waals surface area contributed by atoms with E-state index >= 15 is 0 Å². The maximum absolute atomic E-state index is 12.0. The van der Waals surface area contributed by atoms with Gasteiger partial charge in [0, 0.05) is 12.8 Å². The molecule has 0 fully saturated rings. The fourth-order valence-electron chi connectivity index (χ4n) is 2.25.